The standard InChI is InChI=1S/C16H19N3OS/c1-3-21-12-9-7-11(8-10-12)16(20)17-15-13-5-4-6-14(13)18-19(15)2/h7-10H,3-6H2,1-2H3,(H,17,20). The van der Waals surface area contributed by atoms with E-state index in [1.165, 1.54) is 10.5 Å². The van der Waals surface area contributed by atoms with Crippen LogP contribution in [0.1, 0.15) is 35.0 Å². The van der Waals surface area contributed by atoms with Gasteiger partial charge in [0.05, 0.1) is 5.69 Å². The van der Waals surface area contributed by atoms with E-state index in [1.54, 1.807) is 16.4 Å². The van der Waals surface area contributed by atoms with Gasteiger partial charge in [0.1, 0.15) is 5.82 Å². The Bertz CT molecular complexity index is 661. The van der Waals surface area contributed by atoms with Crippen LogP contribution < -0.4 is 5.32 Å². The van der Waals surface area contributed by atoms with E-state index in [-0.39, 0.29) is 5.91 Å². The number of carbonyl (C=O) groups excluding carboxylic acids is 1. The molecule has 1 aliphatic carbocycles. The third-order valence-corrected chi connectivity index (χ3v) is 4.62. The molecule has 1 aromatic carbocycles. The van der Waals surface area contributed by atoms with E-state index in [0.29, 0.717) is 5.56 Å². The SMILES string of the molecule is CCSc1ccc(C(=O)Nc2c3c(nn2C)CCC3)cc1. The number of fused-ring (bicyclic) bond motifs is 1. The zero-order valence-electron chi connectivity index (χ0n) is 12.3. The van der Waals surface area contributed by atoms with Crippen molar-refractivity contribution < 1.29 is 4.79 Å². The minimum Gasteiger partial charge on any atom is -0.307 e. The lowest BCUT2D eigenvalue weighted by Crippen LogP contribution is -2.15. The Morgan fingerprint density at radius 1 is 1.33 bits per heavy atom. The number of aromatic nitrogens is 2. The second-order valence-electron chi connectivity index (χ2n) is 5.16. The van der Waals surface area contributed by atoms with Crippen molar-refractivity contribution in [1.29, 1.82) is 0 Å². The number of anilines is 1. The molecule has 0 aliphatic heterocycles. The van der Waals surface area contributed by atoms with Gasteiger partial charge in [0.25, 0.3) is 5.91 Å². The number of benzene rings is 1. The van der Waals surface area contributed by atoms with Gasteiger partial charge in [0.15, 0.2) is 0 Å². The Morgan fingerprint density at radius 2 is 2.10 bits per heavy atom. The lowest BCUT2D eigenvalue weighted by Gasteiger charge is -2.08. The van der Waals surface area contributed by atoms with Crippen molar-refractivity contribution in [2.75, 3.05) is 11.1 Å². The van der Waals surface area contributed by atoms with Crippen molar-refractivity contribution in [3.8, 4) is 0 Å². The summed E-state index contributed by atoms with van der Waals surface area (Å²) in [6.07, 6.45) is 3.15. The van der Waals surface area contributed by atoms with Gasteiger partial charge >= 0.3 is 0 Å². The summed E-state index contributed by atoms with van der Waals surface area (Å²) in [5, 5.41) is 7.49. The molecule has 1 heterocycles. The summed E-state index contributed by atoms with van der Waals surface area (Å²) in [7, 11) is 1.88. The first-order chi connectivity index (χ1) is 10.2. The fourth-order valence-electron chi connectivity index (χ4n) is 2.72. The largest absolute Gasteiger partial charge is 0.307 e. The van der Waals surface area contributed by atoms with Crippen LogP contribution in [-0.4, -0.2) is 21.4 Å². The van der Waals surface area contributed by atoms with Crippen LogP contribution in [0, 0.1) is 0 Å². The number of thioether (sulfide) groups is 1. The van der Waals surface area contributed by atoms with E-state index in [9.17, 15) is 4.79 Å². The van der Waals surface area contributed by atoms with E-state index < -0.39 is 0 Å². The molecule has 1 N–H and O–H groups in total. The second-order valence-corrected chi connectivity index (χ2v) is 6.50. The number of aryl methyl sites for hydroxylation is 2. The fraction of sp³-hybridized carbons (Fsp3) is 0.375. The molecule has 1 aromatic heterocycles. The highest BCUT2D eigenvalue weighted by Gasteiger charge is 2.22. The molecular formula is C16H19N3OS. The minimum atomic E-state index is -0.0688. The molecule has 1 aliphatic rings. The Kier molecular flexibility index (Phi) is 4.01. The molecular weight excluding hydrogens is 282 g/mol. The monoisotopic (exact) mass is 301 g/mol. The molecule has 0 atom stereocenters. The first-order valence-corrected chi connectivity index (χ1v) is 8.26. The van der Waals surface area contributed by atoms with Crippen molar-refractivity contribution in [3.63, 3.8) is 0 Å². The predicted molar refractivity (Wildman–Crippen MR) is 86.0 cm³/mol. The number of carbonyl (C=O) groups is 1. The molecule has 0 unspecified atom stereocenters. The summed E-state index contributed by atoms with van der Waals surface area (Å²) in [6, 6.07) is 7.75. The van der Waals surface area contributed by atoms with E-state index in [2.05, 4.69) is 17.3 Å². The van der Waals surface area contributed by atoms with Gasteiger partial charge in [-0.1, -0.05) is 6.92 Å². The van der Waals surface area contributed by atoms with Gasteiger partial charge in [-0.3, -0.25) is 9.48 Å². The van der Waals surface area contributed by atoms with Crippen LogP contribution in [0.2, 0.25) is 0 Å². The van der Waals surface area contributed by atoms with Crippen molar-refractivity contribution >= 4 is 23.5 Å². The Hall–Kier alpha value is -1.75. The molecule has 0 radical (unpaired) electrons. The maximum atomic E-state index is 12.4. The lowest BCUT2D eigenvalue weighted by atomic mass is 10.2. The van der Waals surface area contributed by atoms with E-state index in [4.69, 9.17) is 0 Å². The summed E-state index contributed by atoms with van der Waals surface area (Å²) in [5.74, 6) is 1.81. The minimum absolute atomic E-state index is 0.0688. The third kappa shape index (κ3) is 2.83. The molecule has 21 heavy (non-hydrogen) atoms. The maximum Gasteiger partial charge on any atom is 0.256 e. The van der Waals surface area contributed by atoms with Gasteiger partial charge in [-0.05, 0) is 49.3 Å². The molecule has 1 amide bonds. The fourth-order valence-corrected chi connectivity index (χ4v) is 3.39. The zero-order chi connectivity index (χ0) is 14.8. The van der Waals surface area contributed by atoms with Crippen LogP contribution >= 0.6 is 11.8 Å². The Balaban J connectivity index is 1.77. The Morgan fingerprint density at radius 3 is 2.81 bits per heavy atom. The molecule has 0 saturated heterocycles. The summed E-state index contributed by atoms with van der Waals surface area (Å²) in [4.78, 5) is 13.6. The number of hydrogen-bond donors (Lipinski definition) is 1. The molecule has 0 saturated carbocycles. The highest BCUT2D eigenvalue weighted by molar-refractivity contribution is 7.99. The highest BCUT2D eigenvalue weighted by Crippen LogP contribution is 2.28. The lowest BCUT2D eigenvalue weighted by molar-refractivity contribution is 0.102. The predicted octanol–water partition coefficient (Wildman–Crippen LogP) is 3.27. The average Bonchev–Trinajstić information content (AvgIpc) is 3.03. The van der Waals surface area contributed by atoms with Crippen LogP contribution in [-0.2, 0) is 19.9 Å². The summed E-state index contributed by atoms with van der Waals surface area (Å²) in [5.41, 5.74) is 3.01. The molecule has 2 aromatic rings. The summed E-state index contributed by atoms with van der Waals surface area (Å²) >= 11 is 1.77. The van der Waals surface area contributed by atoms with E-state index in [0.717, 1.165) is 36.5 Å². The summed E-state index contributed by atoms with van der Waals surface area (Å²) < 4.78 is 1.78. The van der Waals surface area contributed by atoms with Gasteiger partial charge in [0.2, 0.25) is 0 Å². The van der Waals surface area contributed by atoms with Gasteiger partial charge in [-0.15, -0.1) is 11.8 Å². The number of nitrogens with one attached hydrogen (secondary N) is 1. The van der Waals surface area contributed by atoms with Crippen LogP contribution in [0.5, 0.6) is 0 Å². The molecule has 110 valence electrons. The van der Waals surface area contributed by atoms with Gasteiger partial charge in [-0.2, -0.15) is 5.10 Å². The number of rotatable bonds is 4. The maximum absolute atomic E-state index is 12.4. The zero-order valence-corrected chi connectivity index (χ0v) is 13.2. The van der Waals surface area contributed by atoms with Crippen molar-refractivity contribution in [2.45, 2.75) is 31.1 Å². The van der Waals surface area contributed by atoms with Crippen LogP contribution in [0.25, 0.3) is 0 Å². The van der Waals surface area contributed by atoms with Crippen LogP contribution in [0.15, 0.2) is 29.2 Å². The number of hydrogen-bond acceptors (Lipinski definition) is 3. The first-order valence-electron chi connectivity index (χ1n) is 7.28. The second kappa shape index (κ2) is 5.93. The number of nitrogens with zero attached hydrogens (tertiary/aromatic N) is 2. The topological polar surface area (TPSA) is 46.9 Å². The quantitative estimate of drug-likeness (QED) is 0.882. The third-order valence-electron chi connectivity index (χ3n) is 3.73. The van der Waals surface area contributed by atoms with Gasteiger partial charge < -0.3 is 5.32 Å². The van der Waals surface area contributed by atoms with Crippen LogP contribution in [0.3, 0.4) is 0 Å². The Labute approximate surface area is 128 Å². The van der Waals surface area contributed by atoms with Crippen molar-refractivity contribution in [2.24, 2.45) is 7.05 Å². The highest BCUT2D eigenvalue weighted by atomic mass is 32.2. The first kappa shape index (κ1) is 14.2. The van der Waals surface area contributed by atoms with Gasteiger partial charge in [-0.25, -0.2) is 0 Å². The van der Waals surface area contributed by atoms with Crippen LogP contribution in [0.4, 0.5) is 5.82 Å². The molecule has 0 fully saturated rings. The summed E-state index contributed by atoms with van der Waals surface area (Å²) in [6.45, 7) is 2.12. The number of amides is 1. The van der Waals surface area contributed by atoms with E-state index >= 15 is 0 Å². The average molecular weight is 301 g/mol. The molecule has 3 rings (SSSR count). The van der Waals surface area contributed by atoms with Crippen molar-refractivity contribution in [3.05, 3.63) is 41.1 Å². The normalized spacial score (nSPS) is 13.2. The molecule has 4 nitrogen and oxygen atoms in total. The van der Waals surface area contributed by atoms with E-state index in [1.807, 2.05) is 31.3 Å². The van der Waals surface area contributed by atoms with Gasteiger partial charge in [0, 0.05) is 23.1 Å². The molecule has 0 bridgehead atoms. The molecule has 0 spiro atoms. The van der Waals surface area contributed by atoms with Crippen molar-refractivity contribution in [1.82, 2.24) is 9.78 Å². The smallest absolute Gasteiger partial charge is 0.256 e. The molecule has 5 heteroatoms.